The number of nitrogens with one attached hydrogen (secondary N) is 1. The summed E-state index contributed by atoms with van der Waals surface area (Å²) in [5.41, 5.74) is -0.505. The molecule has 3 unspecified atom stereocenters. The molecule has 3 fully saturated rings. The quantitative estimate of drug-likeness (QED) is 0.812. The Morgan fingerprint density at radius 1 is 1.35 bits per heavy atom. The Bertz CT molecular complexity index is 367. The minimum absolute atomic E-state index is 0.115. The third-order valence-electron chi connectivity index (χ3n) is 5.13. The molecule has 17 heavy (non-hydrogen) atoms. The molecule has 0 aliphatic heterocycles. The third-order valence-corrected chi connectivity index (χ3v) is 5.13. The van der Waals surface area contributed by atoms with E-state index in [0.717, 1.165) is 31.1 Å². The molecule has 3 aliphatic carbocycles. The van der Waals surface area contributed by atoms with Crippen LogP contribution in [-0.2, 0) is 4.79 Å². The van der Waals surface area contributed by atoms with Crippen LogP contribution in [0.25, 0.3) is 0 Å². The fourth-order valence-electron chi connectivity index (χ4n) is 3.98. The molecule has 0 aromatic heterocycles. The predicted octanol–water partition coefficient (Wildman–Crippen LogP) is 2.38. The molecule has 3 atom stereocenters. The summed E-state index contributed by atoms with van der Waals surface area (Å²) >= 11 is 0. The first-order valence-electron chi connectivity index (χ1n) is 6.93. The van der Waals surface area contributed by atoms with Gasteiger partial charge in [0.15, 0.2) is 0 Å². The lowest BCUT2D eigenvalue weighted by atomic mass is 9.77. The number of amides is 1. The van der Waals surface area contributed by atoms with E-state index in [1.165, 1.54) is 25.7 Å². The monoisotopic (exact) mass is 232 g/mol. The molecule has 3 saturated carbocycles. The van der Waals surface area contributed by atoms with Gasteiger partial charge in [0.1, 0.15) is 5.54 Å². The predicted molar refractivity (Wildman–Crippen MR) is 63.9 cm³/mol. The lowest BCUT2D eigenvalue weighted by Gasteiger charge is -2.36. The standard InChI is InChI=1S/C14H20N2O/c15-9-14(4-1-5-14)16-13(17)8-12-7-10-2-3-11(12)6-10/h10-12H,1-8H2,(H,16,17). The summed E-state index contributed by atoms with van der Waals surface area (Å²) in [6, 6.07) is 2.27. The summed E-state index contributed by atoms with van der Waals surface area (Å²) in [5.74, 6) is 2.41. The Hall–Kier alpha value is -1.04. The maximum absolute atomic E-state index is 12.0. The van der Waals surface area contributed by atoms with Crippen LogP contribution in [0, 0.1) is 29.1 Å². The van der Waals surface area contributed by atoms with Crippen molar-refractivity contribution in [1.29, 1.82) is 5.26 Å². The van der Waals surface area contributed by atoms with Crippen molar-refractivity contribution in [2.75, 3.05) is 0 Å². The van der Waals surface area contributed by atoms with Crippen LogP contribution in [0.3, 0.4) is 0 Å². The summed E-state index contributed by atoms with van der Waals surface area (Å²) < 4.78 is 0. The molecule has 92 valence electrons. The SMILES string of the molecule is N#CC1(NC(=O)CC2CC3CCC2C3)CCC1. The second kappa shape index (κ2) is 4.01. The lowest BCUT2D eigenvalue weighted by molar-refractivity contribution is -0.124. The summed E-state index contributed by atoms with van der Waals surface area (Å²) in [7, 11) is 0. The number of carbonyl (C=O) groups excluding carboxylic acids is 1. The molecule has 1 amide bonds. The van der Waals surface area contributed by atoms with Crippen LogP contribution >= 0.6 is 0 Å². The van der Waals surface area contributed by atoms with Crippen molar-refractivity contribution in [2.24, 2.45) is 17.8 Å². The van der Waals surface area contributed by atoms with Gasteiger partial charge in [-0.05, 0) is 56.3 Å². The molecule has 2 bridgehead atoms. The molecule has 3 heteroatoms. The van der Waals surface area contributed by atoms with Gasteiger partial charge >= 0.3 is 0 Å². The highest BCUT2D eigenvalue weighted by atomic mass is 16.1. The number of nitriles is 1. The highest BCUT2D eigenvalue weighted by Crippen LogP contribution is 2.49. The fraction of sp³-hybridized carbons (Fsp3) is 0.857. The molecule has 3 rings (SSSR count). The zero-order chi connectivity index (χ0) is 11.9. The molecule has 0 aromatic carbocycles. The van der Waals surface area contributed by atoms with E-state index in [4.69, 9.17) is 5.26 Å². The smallest absolute Gasteiger partial charge is 0.221 e. The van der Waals surface area contributed by atoms with Gasteiger partial charge in [-0.2, -0.15) is 5.26 Å². The summed E-state index contributed by atoms with van der Waals surface area (Å²) in [6.07, 6.45) is 8.71. The van der Waals surface area contributed by atoms with Crippen molar-refractivity contribution in [3.05, 3.63) is 0 Å². The maximum atomic E-state index is 12.0. The Labute approximate surface area is 103 Å². The zero-order valence-electron chi connectivity index (χ0n) is 10.2. The van der Waals surface area contributed by atoms with E-state index in [9.17, 15) is 4.79 Å². The Kier molecular flexibility index (Phi) is 2.61. The number of nitrogens with zero attached hydrogens (tertiary/aromatic N) is 1. The van der Waals surface area contributed by atoms with Crippen LogP contribution in [0.15, 0.2) is 0 Å². The number of carbonyl (C=O) groups is 1. The first-order chi connectivity index (χ1) is 8.21. The minimum Gasteiger partial charge on any atom is -0.338 e. The first-order valence-corrected chi connectivity index (χ1v) is 6.93. The van der Waals surface area contributed by atoms with Crippen molar-refractivity contribution in [1.82, 2.24) is 5.32 Å². The molecular weight excluding hydrogens is 212 g/mol. The summed E-state index contributed by atoms with van der Waals surface area (Å²) in [4.78, 5) is 12.0. The molecule has 0 radical (unpaired) electrons. The van der Waals surface area contributed by atoms with E-state index in [1.807, 2.05) is 0 Å². The first kappa shape index (κ1) is 11.1. The topological polar surface area (TPSA) is 52.9 Å². The Morgan fingerprint density at radius 2 is 2.18 bits per heavy atom. The molecule has 0 saturated heterocycles. The summed E-state index contributed by atoms with van der Waals surface area (Å²) in [6.45, 7) is 0. The normalized spacial score (nSPS) is 37.2. The average molecular weight is 232 g/mol. The zero-order valence-corrected chi connectivity index (χ0v) is 10.2. The van der Waals surface area contributed by atoms with E-state index in [0.29, 0.717) is 12.3 Å². The number of rotatable bonds is 3. The van der Waals surface area contributed by atoms with Gasteiger partial charge in [0.2, 0.25) is 5.91 Å². The van der Waals surface area contributed by atoms with Crippen molar-refractivity contribution >= 4 is 5.91 Å². The van der Waals surface area contributed by atoms with Crippen molar-refractivity contribution < 1.29 is 4.79 Å². The maximum Gasteiger partial charge on any atom is 0.221 e. The van der Waals surface area contributed by atoms with Gasteiger partial charge in [0.05, 0.1) is 6.07 Å². The van der Waals surface area contributed by atoms with Gasteiger partial charge in [-0.3, -0.25) is 4.79 Å². The Balaban J connectivity index is 1.52. The molecule has 3 nitrogen and oxygen atoms in total. The highest BCUT2D eigenvalue weighted by molar-refractivity contribution is 5.77. The second-order valence-electron chi connectivity index (χ2n) is 6.23. The van der Waals surface area contributed by atoms with Gasteiger partial charge in [0.25, 0.3) is 0 Å². The third kappa shape index (κ3) is 1.94. The van der Waals surface area contributed by atoms with Crippen LogP contribution in [0.2, 0.25) is 0 Å². The minimum atomic E-state index is -0.505. The van der Waals surface area contributed by atoms with Gasteiger partial charge in [-0.1, -0.05) is 6.42 Å². The number of fused-ring (bicyclic) bond motifs is 2. The van der Waals surface area contributed by atoms with E-state index in [2.05, 4.69) is 11.4 Å². The van der Waals surface area contributed by atoms with Crippen molar-refractivity contribution in [3.63, 3.8) is 0 Å². The van der Waals surface area contributed by atoms with Crippen LogP contribution in [-0.4, -0.2) is 11.4 Å². The number of hydrogen-bond donors (Lipinski definition) is 1. The largest absolute Gasteiger partial charge is 0.338 e. The Morgan fingerprint density at radius 3 is 2.65 bits per heavy atom. The molecule has 0 aromatic rings. The van der Waals surface area contributed by atoms with Gasteiger partial charge in [-0.25, -0.2) is 0 Å². The molecule has 0 spiro atoms. The van der Waals surface area contributed by atoms with Gasteiger partial charge < -0.3 is 5.32 Å². The van der Waals surface area contributed by atoms with Gasteiger partial charge in [-0.15, -0.1) is 0 Å². The lowest BCUT2D eigenvalue weighted by Crippen LogP contribution is -2.52. The van der Waals surface area contributed by atoms with Crippen LogP contribution in [0.4, 0.5) is 0 Å². The van der Waals surface area contributed by atoms with Crippen molar-refractivity contribution in [2.45, 2.75) is 56.9 Å². The molecule has 3 aliphatic rings. The van der Waals surface area contributed by atoms with E-state index >= 15 is 0 Å². The van der Waals surface area contributed by atoms with E-state index in [-0.39, 0.29) is 5.91 Å². The van der Waals surface area contributed by atoms with Crippen LogP contribution in [0.1, 0.15) is 51.4 Å². The number of hydrogen-bond acceptors (Lipinski definition) is 2. The van der Waals surface area contributed by atoms with Crippen LogP contribution < -0.4 is 5.32 Å². The highest BCUT2D eigenvalue weighted by Gasteiger charge is 2.42. The average Bonchev–Trinajstić information content (AvgIpc) is 2.85. The fourth-order valence-corrected chi connectivity index (χ4v) is 3.98. The molecule has 0 heterocycles. The summed E-state index contributed by atoms with van der Waals surface area (Å²) in [5, 5.41) is 12.1. The van der Waals surface area contributed by atoms with E-state index < -0.39 is 5.54 Å². The van der Waals surface area contributed by atoms with Crippen LogP contribution in [0.5, 0.6) is 0 Å². The molecule has 1 N–H and O–H groups in total. The van der Waals surface area contributed by atoms with Gasteiger partial charge in [0, 0.05) is 6.42 Å². The van der Waals surface area contributed by atoms with E-state index in [1.54, 1.807) is 0 Å². The second-order valence-corrected chi connectivity index (χ2v) is 6.23. The molecular formula is C14H20N2O. The van der Waals surface area contributed by atoms with Crippen molar-refractivity contribution in [3.8, 4) is 6.07 Å².